The standard InChI is InChI=1S/C21H33N5O2/c1-15(2)20-17(5-4-14-28-20)23-18-7-10-22-21(24-18)25-12-8-16(9-13-25)26-11-3-6-19(26)27/h7,10,15-17,20H,3-6,8-9,11-14H2,1-2H3,(H,22,23,24)/t17-,20+/m0/s1. The van der Waals surface area contributed by atoms with Crippen molar-refractivity contribution in [3.05, 3.63) is 12.3 Å². The fourth-order valence-corrected chi connectivity index (χ4v) is 4.82. The third kappa shape index (κ3) is 4.24. The van der Waals surface area contributed by atoms with Gasteiger partial charge in [0.25, 0.3) is 0 Å². The molecule has 1 aromatic heterocycles. The predicted octanol–water partition coefficient (Wildman–Crippen LogP) is 2.68. The van der Waals surface area contributed by atoms with E-state index in [1.54, 1.807) is 0 Å². The molecule has 28 heavy (non-hydrogen) atoms. The second-order valence-corrected chi connectivity index (χ2v) is 8.62. The zero-order valence-corrected chi connectivity index (χ0v) is 17.1. The number of aromatic nitrogens is 2. The van der Waals surface area contributed by atoms with E-state index in [-0.39, 0.29) is 6.10 Å². The second kappa shape index (κ2) is 8.64. The molecule has 7 heteroatoms. The highest BCUT2D eigenvalue weighted by molar-refractivity contribution is 5.78. The molecular weight excluding hydrogens is 354 g/mol. The van der Waals surface area contributed by atoms with Gasteiger partial charge in [0.15, 0.2) is 0 Å². The molecular formula is C21H33N5O2. The third-order valence-electron chi connectivity index (χ3n) is 6.30. The average molecular weight is 388 g/mol. The minimum Gasteiger partial charge on any atom is -0.376 e. The van der Waals surface area contributed by atoms with Crippen molar-refractivity contribution in [3.8, 4) is 0 Å². The fraction of sp³-hybridized carbons (Fsp3) is 0.762. The summed E-state index contributed by atoms with van der Waals surface area (Å²) in [6, 6.07) is 2.63. The topological polar surface area (TPSA) is 70.6 Å². The molecule has 0 saturated carbocycles. The number of amides is 1. The molecule has 0 radical (unpaired) electrons. The fourth-order valence-electron chi connectivity index (χ4n) is 4.82. The first-order valence-electron chi connectivity index (χ1n) is 10.9. The lowest BCUT2D eigenvalue weighted by molar-refractivity contribution is -0.130. The highest BCUT2D eigenvalue weighted by Crippen LogP contribution is 2.26. The zero-order valence-electron chi connectivity index (χ0n) is 17.1. The van der Waals surface area contributed by atoms with Crippen molar-refractivity contribution in [2.45, 2.75) is 70.6 Å². The van der Waals surface area contributed by atoms with Gasteiger partial charge in [-0.3, -0.25) is 4.79 Å². The van der Waals surface area contributed by atoms with Crippen LogP contribution >= 0.6 is 0 Å². The lowest BCUT2D eigenvalue weighted by atomic mass is 9.94. The first kappa shape index (κ1) is 19.4. The van der Waals surface area contributed by atoms with Crippen LogP contribution in [0.5, 0.6) is 0 Å². The number of nitrogens with one attached hydrogen (secondary N) is 1. The molecule has 3 aliphatic heterocycles. The zero-order chi connectivity index (χ0) is 19.5. The maximum absolute atomic E-state index is 12.0. The lowest BCUT2D eigenvalue weighted by Crippen LogP contribution is -2.46. The summed E-state index contributed by atoms with van der Waals surface area (Å²) in [5, 5.41) is 3.60. The van der Waals surface area contributed by atoms with Crippen molar-refractivity contribution in [1.29, 1.82) is 0 Å². The number of nitrogens with zero attached hydrogens (tertiary/aromatic N) is 4. The number of rotatable bonds is 5. The summed E-state index contributed by atoms with van der Waals surface area (Å²) in [6.07, 6.45) is 7.99. The van der Waals surface area contributed by atoms with Crippen LogP contribution in [0.4, 0.5) is 11.8 Å². The molecule has 0 aromatic carbocycles. The number of ether oxygens (including phenoxy) is 1. The van der Waals surface area contributed by atoms with Crippen LogP contribution in [0.1, 0.15) is 52.4 Å². The summed E-state index contributed by atoms with van der Waals surface area (Å²) >= 11 is 0. The Morgan fingerprint density at radius 3 is 2.71 bits per heavy atom. The first-order valence-corrected chi connectivity index (χ1v) is 10.9. The molecule has 1 N–H and O–H groups in total. The lowest BCUT2D eigenvalue weighted by Gasteiger charge is -2.37. The Morgan fingerprint density at radius 1 is 1.18 bits per heavy atom. The van der Waals surface area contributed by atoms with E-state index in [1.165, 1.54) is 0 Å². The van der Waals surface area contributed by atoms with Crippen molar-refractivity contribution in [2.24, 2.45) is 5.92 Å². The van der Waals surface area contributed by atoms with Gasteiger partial charge in [-0.25, -0.2) is 4.98 Å². The number of anilines is 2. The average Bonchev–Trinajstić information content (AvgIpc) is 3.14. The molecule has 3 saturated heterocycles. The number of carbonyl (C=O) groups excluding carboxylic acids is 1. The van der Waals surface area contributed by atoms with Crippen LogP contribution in [0, 0.1) is 5.92 Å². The minimum absolute atomic E-state index is 0.223. The summed E-state index contributed by atoms with van der Waals surface area (Å²) in [5.74, 6) is 2.47. The molecule has 1 aromatic rings. The van der Waals surface area contributed by atoms with Crippen LogP contribution in [0.25, 0.3) is 0 Å². The summed E-state index contributed by atoms with van der Waals surface area (Å²) in [5.41, 5.74) is 0. The maximum Gasteiger partial charge on any atom is 0.227 e. The first-order chi connectivity index (χ1) is 13.6. The Morgan fingerprint density at radius 2 is 2.00 bits per heavy atom. The molecule has 1 amide bonds. The van der Waals surface area contributed by atoms with E-state index in [4.69, 9.17) is 9.72 Å². The Hall–Kier alpha value is -1.89. The highest BCUT2D eigenvalue weighted by atomic mass is 16.5. The Balaban J connectivity index is 1.37. The third-order valence-corrected chi connectivity index (χ3v) is 6.30. The Bertz CT molecular complexity index is 675. The van der Waals surface area contributed by atoms with Gasteiger partial charge in [-0.2, -0.15) is 4.98 Å². The Labute approximate surface area is 167 Å². The van der Waals surface area contributed by atoms with Crippen LogP contribution in [0.2, 0.25) is 0 Å². The van der Waals surface area contributed by atoms with Crippen LogP contribution in [-0.4, -0.2) is 65.2 Å². The minimum atomic E-state index is 0.223. The number of likely N-dealkylation sites (tertiary alicyclic amines) is 1. The van der Waals surface area contributed by atoms with E-state index in [9.17, 15) is 4.79 Å². The van der Waals surface area contributed by atoms with Crippen LogP contribution < -0.4 is 10.2 Å². The van der Waals surface area contributed by atoms with Gasteiger partial charge in [0.2, 0.25) is 11.9 Å². The van der Waals surface area contributed by atoms with Gasteiger partial charge in [0.05, 0.1) is 12.1 Å². The van der Waals surface area contributed by atoms with Gasteiger partial charge in [0.1, 0.15) is 5.82 Å². The van der Waals surface area contributed by atoms with E-state index in [0.717, 1.165) is 76.5 Å². The van der Waals surface area contributed by atoms with Crippen LogP contribution in [0.15, 0.2) is 12.3 Å². The molecule has 4 rings (SSSR count). The van der Waals surface area contributed by atoms with Crippen molar-refractivity contribution >= 4 is 17.7 Å². The van der Waals surface area contributed by atoms with Gasteiger partial charge in [-0.15, -0.1) is 0 Å². The van der Waals surface area contributed by atoms with Crippen LogP contribution in [-0.2, 0) is 9.53 Å². The normalized spacial score (nSPS) is 26.9. The maximum atomic E-state index is 12.0. The number of carbonyl (C=O) groups is 1. The molecule has 2 atom stereocenters. The van der Waals surface area contributed by atoms with Crippen molar-refractivity contribution in [1.82, 2.24) is 14.9 Å². The molecule has 7 nitrogen and oxygen atoms in total. The summed E-state index contributed by atoms with van der Waals surface area (Å²) < 4.78 is 5.99. The van der Waals surface area contributed by atoms with Crippen molar-refractivity contribution < 1.29 is 9.53 Å². The number of piperidine rings is 1. The van der Waals surface area contributed by atoms with E-state index in [2.05, 4.69) is 33.9 Å². The molecule has 4 heterocycles. The quantitative estimate of drug-likeness (QED) is 0.838. The molecule has 0 bridgehead atoms. The largest absolute Gasteiger partial charge is 0.376 e. The van der Waals surface area contributed by atoms with Gasteiger partial charge < -0.3 is 19.9 Å². The second-order valence-electron chi connectivity index (χ2n) is 8.62. The molecule has 0 aliphatic carbocycles. The summed E-state index contributed by atoms with van der Waals surface area (Å²) in [6.45, 7) is 8.01. The summed E-state index contributed by atoms with van der Waals surface area (Å²) in [7, 11) is 0. The van der Waals surface area contributed by atoms with E-state index >= 15 is 0 Å². The van der Waals surface area contributed by atoms with E-state index in [0.29, 0.717) is 23.9 Å². The number of hydrogen-bond acceptors (Lipinski definition) is 6. The van der Waals surface area contributed by atoms with Crippen molar-refractivity contribution in [2.75, 3.05) is 36.5 Å². The molecule has 0 spiro atoms. The molecule has 3 fully saturated rings. The van der Waals surface area contributed by atoms with E-state index < -0.39 is 0 Å². The highest BCUT2D eigenvalue weighted by Gasteiger charge is 2.32. The SMILES string of the molecule is CC(C)[C@H]1OCCC[C@@H]1Nc1ccnc(N2CCC(N3CCCC3=O)CC2)n1. The van der Waals surface area contributed by atoms with Crippen molar-refractivity contribution in [3.63, 3.8) is 0 Å². The Kier molecular flexibility index (Phi) is 5.99. The van der Waals surface area contributed by atoms with Gasteiger partial charge in [-0.05, 0) is 44.1 Å². The van der Waals surface area contributed by atoms with Gasteiger partial charge in [-0.1, -0.05) is 13.8 Å². The molecule has 3 aliphatic rings. The monoisotopic (exact) mass is 387 g/mol. The van der Waals surface area contributed by atoms with Gasteiger partial charge >= 0.3 is 0 Å². The smallest absolute Gasteiger partial charge is 0.227 e. The molecule has 154 valence electrons. The van der Waals surface area contributed by atoms with Crippen LogP contribution in [0.3, 0.4) is 0 Å². The van der Waals surface area contributed by atoms with Gasteiger partial charge in [0, 0.05) is 44.9 Å². The molecule has 0 unspecified atom stereocenters. The predicted molar refractivity (Wildman–Crippen MR) is 109 cm³/mol. The number of hydrogen-bond donors (Lipinski definition) is 1. The summed E-state index contributed by atoms with van der Waals surface area (Å²) in [4.78, 5) is 25.6. The van der Waals surface area contributed by atoms with E-state index in [1.807, 2.05) is 12.3 Å².